The number of hydrogen-bond acceptors (Lipinski definition) is 8. The van der Waals surface area contributed by atoms with Gasteiger partial charge >= 0.3 is 0 Å². The molecule has 1 spiro atoms. The molecule has 2 atom stereocenters. The highest BCUT2D eigenvalue weighted by atomic mass is 35.5. The lowest BCUT2D eigenvalue weighted by atomic mass is 9.73. The number of nitrogens with two attached hydrogens (primary N) is 1. The third-order valence-electron chi connectivity index (χ3n) is 6.94. The summed E-state index contributed by atoms with van der Waals surface area (Å²) in [5.41, 5.74) is 10.2. The van der Waals surface area contributed by atoms with Gasteiger partial charge in [0.25, 0.3) is 0 Å². The van der Waals surface area contributed by atoms with E-state index in [1.807, 2.05) is 19.9 Å². The van der Waals surface area contributed by atoms with Gasteiger partial charge < -0.3 is 20.7 Å². The highest BCUT2D eigenvalue weighted by Gasteiger charge is 2.47. The lowest BCUT2D eigenvalue weighted by Crippen LogP contribution is -2.50. The monoisotopic (exact) mass is 456 g/mol. The van der Waals surface area contributed by atoms with Gasteiger partial charge in [-0.3, -0.25) is 5.10 Å². The fourth-order valence-corrected chi connectivity index (χ4v) is 5.22. The molecule has 2 fully saturated rings. The molecule has 2 aliphatic heterocycles. The Morgan fingerprint density at radius 1 is 1.34 bits per heavy atom. The maximum absolute atomic E-state index is 6.60. The first-order chi connectivity index (χ1) is 15.4. The van der Waals surface area contributed by atoms with Crippen LogP contribution in [0.1, 0.15) is 32.4 Å². The van der Waals surface area contributed by atoms with Crippen LogP contribution in [0.5, 0.6) is 0 Å². The minimum Gasteiger partial charge on any atom is -0.376 e. The molecular formula is C22H29ClN8O. The fraction of sp³-hybridized carbons (Fsp3) is 0.545. The second kappa shape index (κ2) is 8.13. The van der Waals surface area contributed by atoms with Crippen molar-refractivity contribution < 1.29 is 4.74 Å². The van der Waals surface area contributed by atoms with Gasteiger partial charge in [-0.05, 0) is 39.7 Å². The number of H-pyrrole nitrogens is 1. The summed E-state index contributed by atoms with van der Waals surface area (Å²) < 4.78 is 5.85. The summed E-state index contributed by atoms with van der Waals surface area (Å²) in [5, 5.41) is 11.2. The standard InChI is InChI=1S/C22H29ClN8O/c1-4-25-19-15(23)14(5-8-26-19)16-17-20(30-29-16)28-21(12(2)27-17)31-9-6-22(7-10-31)11-32-13(3)18(22)24/h5,8,13,18H,4,6-7,9-11,24H2,1-3H3,(H,25,26)(H,28,29,30)/t13-,18+/m0/s1. The van der Waals surface area contributed by atoms with Crippen molar-refractivity contribution >= 4 is 34.4 Å². The average Bonchev–Trinajstić information content (AvgIpc) is 3.32. The average molecular weight is 457 g/mol. The maximum atomic E-state index is 6.60. The van der Waals surface area contributed by atoms with Crippen molar-refractivity contribution in [3.8, 4) is 11.3 Å². The highest BCUT2D eigenvalue weighted by molar-refractivity contribution is 6.35. The van der Waals surface area contributed by atoms with Gasteiger partial charge in [0, 0.05) is 42.9 Å². The number of nitrogens with one attached hydrogen (secondary N) is 2. The number of aromatic nitrogens is 5. The molecule has 0 radical (unpaired) electrons. The quantitative estimate of drug-likeness (QED) is 0.548. The zero-order valence-electron chi connectivity index (χ0n) is 18.7. The largest absolute Gasteiger partial charge is 0.376 e. The molecule has 10 heteroatoms. The van der Waals surface area contributed by atoms with Crippen LogP contribution in [0.2, 0.25) is 5.02 Å². The number of pyridine rings is 1. The summed E-state index contributed by atoms with van der Waals surface area (Å²) in [6, 6.07) is 1.94. The van der Waals surface area contributed by atoms with Crippen LogP contribution in [0, 0.1) is 12.3 Å². The van der Waals surface area contributed by atoms with Crippen LogP contribution in [0.25, 0.3) is 22.4 Å². The molecule has 32 heavy (non-hydrogen) atoms. The predicted octanol–water partition coefficient (Wildman–Crippen LogP) is 3.14. The minimum absolute atomic E-state index is 0.0742. The molecule has 3 aromatic heterocycles. The third-order valence-corrected chi connectivity index (χ3v) is 7.32. The third kappa shape index (κ3) is 3.39. The summed E-state index contributed by atoms with van der Waals surface area (Å²) in [6.45, 7) is 9.31. The first-order valence-electron chi connectivity index (χ1n) is 11.2. The number of aryl methyl sites for hydroxylation is 1. The second-order valence-corrected chi connectivity index (χ2v) is 9.22. The van der Waals surface area contributed by atoms with Gasteiger partial charge in [0.2, 0.25) is 0 Å². The highest BCUT2D eigenvalue weighted by Crippen LogP contribution is 2.42. The van der Waals surface area contributed by atoms with E-state index in [1.54, 1.807) is 6.20 Å². The molecule has 3 aromatic rings. The van der Waals surface area contributed by atoms with Crippen LogP contribution < -0.4 is 16.0 Å². The van der Waals surface area contributed by atoms with E-state index in [2.05, 4.69) is 32.3 Å². The first kappa shape index (κ1) is 21.4. The van der Waals surface area contributed by atoms with Crippen LogP contribution >= 0.6 is 11.6 Å². The Balaban J connectivity index is 1.44. The number of halogens is 1. The van der Waals surface area contributed by atoms with E-state index in [1.165, 1.54) is 0 Å². The summed E-state index contributed by atoms with van der Waals surface area (Å²) in [4.78, 5) is 16.4. The molecule has 0 amide bonds. The first-order valence-corrected chi connectivity index (χ1v) is 11.5. The SMILES string of the molecule is CCNc1nccc(-c2n[nH]c3nc(N4CCC5(CC4)CO[C@@H](C)[C@H]5N)c(C)nc23)c1Cl. The van der Waals surface area contributed by atoms with Gasteiger partial charge in [0.1, 0.15) is 17.0 Å². The number of piperidine rings is 1. The molecule has 0 aliphatic carbocycles. The number of ether oxygens (including phenoxy) is 1. The Bertz CT molecular complexity index is 1140. The van der Waals surface area contributed by atoms with Gasteiger partial charge in [-0.25, -0.2) is 15.0 Å². The van der Waals surface area contributed by atoms with Crippen molar-refractivity contribution in [1.29, 1.82) is 0 Å². The van der Waals surface area contributed by atoms with Crippen molar-refractivity contribution in [2.45, 2.75) is 45.8 Å². The van der Waals surface area contributed by atoms with Crippen LogP contribution in [0.3, 0.4) is 0 Å². The Labute approximate surface area is 192 Å². The zero-order valence-corrected chi connectivity index (χ0v) is 19.4. The molecule has 5 heterocycles. The molecule has 5 rings (SSSR count). The topological polar surface area (TPSA) is 118 Å². The molecule has 0 saturated carbocycles. The van der Waals surface area contributed by atoms with E-state index in [0.29, 0.717) is 27.7 Å². The van der Waals surface area contributed by atoms with Gasteiger partial charge in [-0.2, -0.15) is 5.10 Å². The number of aromatic amines is 1. The van der Waals surface area contributed by atoms with E-state index < -0.39 is 0 Å². The van der Waals surface area contributed by atoms with Crippen molar-refractivity contribution in [2.75, 3.05) is 36.5 Å². The molecule has 0 unspecified atom stereocenters. The van der Waals surface area contributed by atoms with E-state index >= 15 is 0 Å². The number of rotatable bonds is 4. The van der Waals surface area contributed by atoms with Gasteiger partial charge in [0.05, 0.1) is 23.4 Å². The lowest BCUT2D eigenvalue weighted by molar-refractivity contribution is 0.0974. The van der Waals surface area contributed by atoms with Gasteiger partial charge in [-0.1, -0.05) is 11.6 Å². The van der Waals surface area contributed by atoms with E-state index in [0.717, 1.165) is 56.2 Å². The van der Waals surface area contributed by atoms with E-state index in [4.69, 9.17) is 32.0 Å². The van der Waals surface area contributed by atoms with Gasteiger partial charge in [0.15, 0.2) is 11.5 Å². The number of hydrogen-bond donors (Lipinski definition) is 3. The van der Waals surface area contributed by atoms with Crippen molar-refractivity contribution in [3.63, 3.8) is 0 Å². The summed E-state index contributed by atoms with van der Waals surface area (Å²) in [7, 11) is 0. The Hall–Kier alpha value is -2.49. The van der Waals surface area contributed by atoms with Crippen LogP contribution in [0.4, 0.5) is 11.6 Å². The fourth-order valence-electron chi connectivity index (χ4n) is 4.96. The summed E-state index contributed by atoms with van der Waals surface area (Å²) >= 11 is 6.60. The number of fused-ring (bicyclic) bond motifs is 1. The zero-order chi connectivity index (χ0) is 22.5. The Morgan fingerprint density at radius 2 is 2.12 bits per heavy atom. The molecule has 0 bridgehead atoms. The number of anilines is 2. The molecule has 9 nitrogen and oxygen atoms in total. The molecule has 2 aliphatic rings. The van der Waals surface area contributed by atoms with Crippen LogP contribution in [0.15, 0.2) is 12.3 Å². The van der Waals surface area contributed by atoms with Crippen LogP contribution in [-0.4, -0.2) is 63.5 Å². The van der Waals surface area contributed by atoms with E-state index in [-0.39, 0.29) is 17.6 Å². The van der Waals surface area contributed by atoms with Crippen molar-refractivity contribution in [1.82, 2.24) is 25.1 Å². The molecule has 2 saturated heterocycles. The molecule has 170 valence electrons. The van der Waals surface area contributed by atoms with Gasteiger partial charge in [-0.15, -0.1) is 0 Å². The Kier molecular flexibility index (Phi) is 5.43. The lowest BCUT2D eigenvalue weighted by Gasteiger charge is -2.41. The van der Waals surface area contributed by atoms with Crippen molar-refractivity contribution in [2.24, 2.45) is 11.1 Å². The van der Waals surface area contributed by atoms with E-state index in [9.17, 15) is 0 Å². The second-order valence-electron chi connectivity index (χ2n) is 8.84. The molecule has 0 aromatic carbocycles. The number of nitrogens with zero attached hydrogens (tertiary/aromatic N) is 5. The summed E-state index contributed by atoms with van der Waals surface area (Å²) in [6.07, 6.45) is 3.82. The smallest absolute Gasteiger partial charge is 0.177 e. The molecular weight excluding hydrogens is 428 g/mol. The molecule has 4 N–H and O–H groups in total. The normalized spacial score (nSPS) is 22.7. The minimum atomic E-state index is 0.0742. The summed E-state index contributed by atoms with van der Waals surface area (Å²) in [5.74, 6) is 1.52. The van der Waals surface area contributed by atoms with Crippen molar-refractivity contribution in [3.05, 3.63) is 23.0 Å². The Morgan fingerprint density at radius 3 is 2.81 bits per heavy atom. The predicted molar refractivity (Wildman–Crippen MR) is 126 cm³/mol. The van der Waals surface area contributed by atoms with Crippen LogP contribution in [-0.2, 0) is 4.74 Å². The maximum Gasteiger partial charge on any atom is 0.177 e.